The molecule has 2 rings (SSSR count). The van der Waals surface area contributed by atoms with E-state index >= 15 is 0 Å². The van der Waals surface area contributed by atoms with Crippen molar-refractivity contribution in [3.8, 4) is 0 Å². The van der Waals surface area contributed by atoms with Crippen LogP contribution in [0.4, 0.5) is 10.5 Å². The fourth-order valence-corrected chi connectivity index (χ4v) is 2.02. The lowest BCUT2D eigenvalue weighted by molar-refractivity contribution is -0.142. The molecule has 108 valence electrons. The van der Waals surface area contributed by atoms with Gasteiger partial charge in [-0.1, -0.05) is 17.7 Å². The Labute approximate surface area is 122 Å². The molecule has 1 fully saturated rings. The maximum Gasteiger partial charge on any atom is 0.319 e. The van der Waals surface area contributed by atoms with Crippen molar-refractivity contribution in [2.24, 2.45) is 0 Å². The fourth-order valence-electron chi connectivity index (χ4n) is 1.83. The fraction of sp³-hybridized carbons (Fsp3) is 0.385. The molecule has 3 amide bonds. The average molecular weight is 298 g/mol. The lowest BCUT2D eigenvalue weighted by Crippen LogP contribution is -2.45. The van der Waals surface area contributed by atoms with E-state index in [2.05, 4.69) is 10.6 Å². The molecule has 1 aromatic rings. The topological polar surface area (TPSA) is 70.7 Å². The van der Waals surface area contributed by atoms with Crippen molar-refractivity contribution < 1.29 is 14.3 Å². The van der Waals surface area contributed by atoms with Crippen LogP contribution < -0.4 is 10.6 Å². The number of nitrogens with one attached hydrogen (secondary N) is 2. The first-order valence-corrected chi connectivity index (χ1v) is 6.69. The molecule has 0 radical (unpaired) electrons. The molecular formula is C13H16ClN3O3. The number of nitrogens with zero attached hydrogens (tertiary/aromatic N) is 1. The van der Waals surface area contributed by atoms with Crippen LogP contribution >= 0.6 is 11.6 Å². The van der Waals surface area contributed by atoms with Crippen LogP contribution in [0.1, 0.15) is 0 Å². The van der Waals surface area contributed by atoms with Gasteiger partial charge in [0.1, 0.15) is 6.61 Å². The highest BCUT2D eigenvalue weighted by Crippen LogP contribution is 2.14. The van der Waals surface area contributed by atoms with E-state index < -0.39 is 0 Å². The van der Waals surface area contributed by atoms with E-state index in [9.17, 15) is 9.59 Å². The standard InChI is InChI=1S/C13H16ClN3O3/c14-10-2-1-3-11(8-10)16-13(19)15-4-5-17-6-7-20-9-12(17)18/h1-3,8H,4-7,9H2,(H2,15,16,19). The molecule has 0 spiro atoms. The minimum absolute atomic E-state index is 0.0479. The Hall–Kier alpha value is -1.79. The van der Waals surface area contributed by atoms with E-state index in [1.165, 1.54) is 0 Å². The van der Waals surface area contributed by atoms with E-state index in [0.29, 0.717) is 37.0 Å². The van der Waals surface area contributed by atoms with Gasteiger partial charge in [0.15, 0.2) is 0 Å². The molecule has 1 aliphatic heterocycles. The van der Waals surface area contributed by atoms with Crippen molar-refractivity contribution in [3.63, 3.8) is 0 Å². The van der Waals surface area contributed by atoms with E-state index in [0.717, 1.165) is 0 Å². The van der Waals surface area contributed by atoms with Gasteiger partial charge in [-0.05, 0) is 18.2 Å². The molecule has 0 bridgehead atoms. The average Bonchev–Trinajstić information content (AvgIpc) is 2.41. The van der Waals surface area contributed by atoms with Gasteiger partial charge < -0.3 is 20.3 Å². The van der Waals surface area contributed by atoms with Gasteiger partial charge in [-0.3, -0.25) is 4.79 Å². The van der Waals surface area contributed by atoms with Gasteiger partial charge in [0, 0.05) is 30.3 Å². The van der Waals surface area contributed by atoms with E-state index in [-0.39, 0.29) is 18.5 Å². The second-order valence-electron chi connectivity index (χ2n) is 4.32. The monoisotopic (exact) mass is 297 g/mol. The van der Waals surface area contributed by atoms with Gasteiger partial charge in [0.25, 0.3) is 0 Å². The highest BCUT2D eigenvalue weighted by molar-refractivity contribution is 6.30. The van der Waals surface area contributed by atoms with Crippen molar-refractivity contribution in [3.05, 3.63) is 29.3 Å². The molecule has 20 heavy (non-hydrogen) atoms. The van der Waals surface area contributed by atoms with Gasteiger partial charge in [-0.25, -0.2) is 4.79 Å². The number of amides is 3. The van der Waals surface area contributed by atoms with Crippen LogP contribution in [0.5, 0.6) is 0 Å². The molecule has 1 aliphatic rings. The molecule has 0 unspecified atom stereocenters. The zero-order valence-corrected chi connectivity index (χ0v) is 11.7. The van der Waals surface area contributed by atoms with Gasteiger partial charge >= 0.3 is 6.03 Å². The Morgan fingerprint density at radius 3 is 3.05 bits per heavy atom. The number of carbonyl (C=O) groups excluding carboxylic acids is 2. The molecule has 1 saturated heterocycles. The Morgan fingerprint density at radius 1 is 1.45 bits per heavy atom. The summed E-state index contributed by atoms with van der Waals surface area (Å²) < 4.78 is 5.03. The summed E-state index contributed by atoms with van der Waals surface area (Å²) in [7, 11) is 0. The van der Waals surface area contributed by atoms with Crippen molar-refractivity contribution in [1.29, 1.82) is 0 Å². The minimum Gasteiger partial charge on any atom is -0.370 e. The molecule has 0 atom stereocenters. The number of benzene rings is 1. The number of carbonyl (C=O) groups is 2. The number of ether oxygens (including phenoxy) is 1. The van der Waals surface area contributed by atoms with Crippen LogP contribution in [-0.4, -0.2) is 49.7 Å². The first kappa shape index (κ1) is 14.6. The summed E-state index contributed by atoms with van der Waals surface area (Å²) in [5.74, 6) is -0.0479. The van der Waals surface area contributed by atoms with Gasteiger partial charge in [-0.15, -0.1) is 0 Å². The summed E-state index contributed by atoms with van der Waals surface area (Å²) in [5, 5.41) is 5.92. The van der Waals surface area contributed by atoms with E-state index in [4.69, 9.17) is 16.3 Å². The lowest BCUT2D eigenvalue weighted by Gasteiger charge is -2.26. The number of anilines is 1. The Bertz CT molecular complexity index is 496. The van der Waals surface area contributed by atoms with Gasteiger partial charge in [-0.2, -0.15) is 0 Å². The lowest BCUT2D eigenvalue weighted by atomic mass is 10.3. The number of hydrogen-bond acceptors (Lipinski definition) is 3. The largest absolute Gasteiger partial charge is 0.370 e. The predicted molar refractivity (Wildman–Crippen MR) is 75.9 cm³/mol. The molecule has 6 nitrogen and oxygen atoms in total. The van der Waals surface area contributed by atoms with Crippen molar-refractivity contribution in [1.82, 2.24) is 10.2 Å². The first-order chi connectivity index (χ1) is 9.65. The minimum atomic E-state index is -0.326. The van der Waals surface area contributed by atoms with Crippen LogP contribution in [0.15, 0.2) is 24.3 Å². The van der Waals surface area contributed by atoms with Gasteiger partial charge in [0.2, 0.25) is 5.91 Å². The summed E-state index contributed by atoms with van der Waals surface area (Å²) in [6.07, 6.45) is 0. The van der Waals surface area contributed by atoms with Crippen LogP contribution in [0, 0.1) is 0 Å². The van der Waals surface area contributed by atoms with Crippen LogP contribution in [0.3, 0.4) is 0 Å². The third-order valence-electron chi connectivity index (χ3n) is 2.83. The van der Waals surface area contributed by atoms with E-state index in [1.807, 2.05) is 0 Å². The number of halogens is 1. The Kier molecular flexibility index (Phi) is 5.20. The summed E-state index contributed by atoms with van der Waals surface area (Å²) in [6.45, 7) is 2.09. The molecule has 0 aromatic heterocycles. The maximum atomic E-state index is 11.7. The molecule has 1 heterocycles. The maximum absolute atomic E-state index is 11.7. The highest BCUT2D eigenvalue weighted by atomic mass is 35.5. The second-order valence-corrected chi connectivity index (χ2v) is 4.76. The zero-order chi connectivity index (χ0) is 14.4. The number of urea groups is 1. The van der Waals surface area contributed by atoms with Crippen molar-refractivity contribution in [2.75, 3.05) is 38.2 Å². The summed E-state index contributed by atoms with van der Waals surface area (Å²) in [4.78, 5) is 24.8. The zero-order valence-electron chi connectivity index (χ0n) is 10.9. The molecule has 1 aromatic carbocycles. The number of hydrogen-bond donors (Lipinski definition) is 2. The number of rotatable bonds is 4. The quantitative estimate of drug-likeness (QED) is 0.880. The second kappa shape index (κ2) is 7.12. The number of morpholine rings is 1. The third-order valence-corrected chi connectivity index (χ3v) is 3.07. The molecule has 7 heteroatoms. The van der Waals surface area contributed by atoms with E-state index in [1.54, 1.807) is 29.2 Å². The molecule has 0 aliphatic carbocycles. The Balaban J connectivity index is 1.71. The summed E-state index contributed by atoms with van der Waals surface area (Å²) in [5.41, 5.74) is 0.623. The van der Waals surface area contributed by atoms with Crippen LogP contribution in [0.25, 0.3) is 0 Å². The summed E-state index contributed by atoms with van der Waals surface area (Å²) in [6, 6.07) is 6.57. The Morgan fingerprint density at radius 2 is 2.30 bits per heavy atom. The highest BCUT2D eigenvalue weighted by Gasteiger charge is 2.17. The predicted octanol–water partition coefficient (Wildman–Crippen LogP) is 1.32. The molecule has 0 saturated carbocycles. The SMILES string of the molecule is O=C(NCCN1CCOCC1=O)Nc1cccc(Cl)c1. The normalized spacial score (nSPS) is 15.1. The molecule has 2 N–H and O–H groups in total. The first-order valence-electron chi connectivity index (χ1n) is 6.31. The van der Waals surface area contributed by atoms with Crippen molar-refractivity contribution in [2.45, 2.75) is 0 Å². The van der Waals surface area contributed by atoms with Crippen LogP contribution in [0.2, 0.25) is 5.02 Å². The molecular weight excluding hydrogens is 282 g/mol. The van der Waals surface area contributed by atoms with Crippen molar-refractivity contribution >= 4 is 29.2 Å². The van der Waals surface area contributed by atoms with Crippen LogP contribution in [-0.2, 0) is 9.53 Å². The third kappa shape index (κ3) is 4.40. The smallest absolute Gasteiger partial charge is 0.319 e. The van der Waals surface area contributed by atoms with Gasteiger partial charge in [0.05, 0.1) is 6.61 Å². The summed E-state index contributed by atoms with van der Waals surface area (Å²) >= 11 is 5.82.